The van der Waals surface area contributed by atoms with Gasteiger partial charge in [-0.2, -0.15) is 0 Å². The minimum absolute atomic E-state index is 0.00979. The van der Waals surface area contributed by atoms with Gasteiger partial charge < -0.3 is 10.6 Å². The molecule has 2 aromatic rings. The third-order valence-corrected chi connectivity index (χ3v) is 3.27. The molecule has 5 heteroatoms. The van der Waals surface area contributed by atoms with Crippen molar-refractivity contribution < 1.29 is 4.79 Å². The Bertz CT molecular complexity index is 614. The van der Waals surface area contributed by atoms with Gasteiger partial charge in [0.05, 0.1) is 5.52 Å². The first kappa shape index (κ1) is 11.4. The van der Waals surface area contributed by atoms with Gasteiger partial charge in [0.1, 0.15) is 6.04 Å². The molecule has 1 aromatic carbocycles. The summed E-state index contributed by atoms with van der Waals surface area (Å²) < 4.78 is 0. The van der Waals surface area contributed by atoms with Crippen molar-refractivity contribution in [3.8, 4) is 0 Å². The number of rotatable bonds is 1. The maximum absolute atomic E-state index is 11.8. The second-order valence-corrected chi connectivity index (χ2v) is 4.72. The number of fused-ring (bicyclic) bond motifs is 1. The lowest BCUT2D eigenvalue weighted by Crippen LogP contribution is -2.47. The lowest BCUT2D eigenvalue weighted by atomic mass is 10.0. The molecule has 0 aliphatic carbocycles. The number of carbonyl (C=O) groups excluding carboxylic acids is 1. The molecular formula is C13H12ClN3O. The van der Waals surface area contributed by atoms with Crippen molar-refractivity contribution in [2.75, 3.05) is 13.1 Å². The summed E-state index contributed by atoms with van der Waals surface area (Å²) in [5, 5.41) is 7.63. The first-order valence-electron chi connectivity index (χ1n) is 5.80. The number of nitrogens with one attached hydrogen (secondary N) is 2. The highest BCUT2D eigenvalue weighted by Crippen LogP contribution is 2.22. The summed E-state index contributed by atoms with van der Waals surface area (Å²) in [5.41, 5.74) is 1.74. The second-order valence-electron chi connectivity index (χ2n) is 4.28. The maximum Gasteiger partial charge on any atom is 0.241 e. The highest BCUT2D eigenvalue weighted by molar-refractivity contribution is 6.31. The molecule has 1 unspecified atom stereocenters. The van der Waals surface area contributed by atoms with E-state index in [1.54, 1.807) is 6.20 Å². The van der Waals surface area contributed by atoms with Gasteiger partial charge in [0, 0.05) is 29.7 Å². The normalized spacial score (nSPS) is 19.8. The molecule has 1 amide bonds. The molecule has 1 aromatic heterocycles. The molecule has 2 N–H and O–H groups in total. The highest BCUT2D eigenvalue weighted by atomic mass is 35.5. The number of carbonyl (C=O) groups is 1. The first-order valence-corrected chi connectivity index (χ1v) is 6.18. The zero-order valence-electron chi connectivity index (χ0n) is 9.61. The highest BCUT2D eigenvalue weighted by Gasteiger charge is 2.23. The monoisotopic (exact) mass is 261 g/mol. The minimum Gasteiger partial charge on any atom is -0.353 e. The van der Waals surface area contributed by atoms with Crippen molar-refractivity contribution in [3.63, 3.8) is 0 Å². The molecule has 0 radical (unpaired) electrons. The van der Waals surface area contributed by atoms with Crippen molar-refractivity contribution in [1.29, 1.82) is 0 Å². The van der Waals surface area contributed by atoms with E-state index >= 15 is 0 Å². The summed E-state index contributed by atoms with van der Waals surface area (Å²) in [6, 6.07) is 7.16. The Morgan fingerprint density at radius 2 is 2.17 bits per heavy atom. The van der Waals surface area contributed by atoms with Gasteiger partial charge in [0.2, 0.25) is 5.91 Å². The van der Waals surface area contributed by atoms with Gasteiger partial charge in [-0.25, -0.2) is 0 Å². The fourth-order valence-electron chi connectivity index (χ4n) is 2.14. The van der Waals surface area contributed by atoms with Gasteiger partial charge in [-0.15, -0.1) is 0 Å². The predicted molar refractivity (Wildman–Crippen MR) is 70.5 cm³/mol. The maximum atomic E-state index is 11.8. The number of hydrogen-bond donors (Lipinski definition) is 2. The molecule has 2 heterocycles. The Morgan fingerprint density at radius 3 is 3.00 bits per heavy atom. The fraction of sp³-hybridized carbons (Fsp3) is 0.231. The van der Waals surface area contributed by atoms with Crippen molar-refractivity contribution >= 4 is 28.4 Å². The fourth-order valence-corrected chi connectivity index (χ4v) is 2.32. The van der Waals surface area contributed by atoms with Crippen molar-refractivity contribution in [1.82, 2.24) is 15.6 Å². The molecule has 0 spiro atoms. The van der Waals surface area contributed by atoms with E-state index in [9.17, 15) is 4.79 Å². The van der Waals surface area contributed by atoms with Crippen molar-refractivity contribution in [2.45, 2.75) is 6.04 Å². The Morgan fingerprint density at radius 1 is 1.28 bits per heavy atom. The van der Waals surface area contributed by atoms with E-state index in [4.69, 9.17) is 11.6 Å². The molecule has 0 saturated carbocycles. The quantitative estimate of drug-likeness (QED) is 0.821. The molecule has 1 aliphatic rings. The van der Waals surface area contributed by atoms with Crippen LogP contribution in [0, 0.1) is 0 Å². The average molecular weight is 262 g/mol. The van der Waals surface area contributed by atoms with Gasteiger partial charge in [-0.1, -0.05) is 11.6 Å². The average Bonchev–Trinajstić information content (AvgIpc) is 2.38. The number of piperazine rings is 1. The van der Waals surface area contributed by atoms with E-state index in [1.807, 2.05) is 24.3 Å². The molecule has 4 nitrogen and oxygen atoms in total. The van der Waals surface area contributed by atoms with E-state index in [1.165, 1.54) is 0 Å². The second kappa shape index (κ2) is 4.55. The zero-order chi connectivity index (χ0) is 12.5. The molecule has 1 atom stereocenters. The molecule has 1 saturated heterocycles. The van der Waals surface area contributed by atoms with Crippen molar-refractivity contribution in [3.05, 3.63) is 41.0 Å². The van der Waals surface area contributed by atoms with Crippen LogP contribution in [0.15, 0.2) is 30.5 Å². The van der Waals surface area contributed by atoms with Crippen LogP contribution in [-0.4, -0.2) is 24.0 Å². The lowest BCUT2D eigenvalue weighted by Gasteiger charge is -2.23. The van der Waals surface area contributed by atoms with Crippen LogP contribution >= 0.6 is 11.6 Å². The summed E-state index contributed by atoms with van der Waals surface area (Å²) in [5.74, 6) is -0.00979. The smallest absolute Gasteiger partial charge is 0.241 e. The molecule has 92 valence electrons. The number of benzene rings is 1. The number of amides is 1. The minimum atomic E-state index is -0.324. The van der Waals surface area contributed by atoms with E-state index < -0.39 is 0 Å². The van der Waals surface area contributed by atoms with Crippen LogP contribution in [-0.2, 0) is 4.79 Å². The van der Waals surface area contributed by atoms with Crippen LogP contribution in [0.3, 0.4) is 0 Å². The third-order valence-electron chi connectivity index (χ3n) is 3.03. The van der Waals surface area contributed by atoms with Crippen LogP contribution < -0.4 is 10.6 Å². The molecule has 1 fully saturated rings. The number of aromatic nitrogens is 1. The topological polar surface area (TPSA) is 54.0 Å². The summed E-state index contributed by atoms with van der Waals surface area (Å²) in [7, 11) is 0. The van der Waals surface area contributed by atoms with Gasteiger partial charge >= 0.3 is 0 Å². The lowest BCUT2D eigenvalue weighted by molar-refractivity contribution is -0.124. The summed E-state index contributed by atoms with van der Waals surface area (Å²) in [6.07, 6.45) is 1.73. The van der Waals surface area contributed by atoms with E-state index in [0.29, 0.717) is 11.6 Å². The molecule has 18 heavy (non-hydrogen) atoms. The standard InChI is InChI=1S/C13H12ClN3O/c14-10-1-2-11-8(6-10)5-9(7-17-11)12-13(18)16-4-3-15-12/h1-2,5-7,12,15H,3-4H2,(H,16,18). The Hall–Kier alpha value is -1.65. The van der Waals surface area contributed by atoms with Gasteiger partial charge in [0.15, 0.2) is 0 Å². The number of nitrogens with zero attached hydrogens (tertiary/aromatic N) is 1. The third kappa shape index (κ3) is 2.05. The SMILES string of the molecule is O=C1NCCNC1c1cnc2ccc(Cl)cc2c1. The van der Waals surface area contributed by atoms with E-state index in [2.05, 4.69) is 15.6 Å². The Balaban J connectivity index is 2.04. The largest absolute Gasteiger partial charge is 0.353 e. The summed E-state index contributed by atoms with van der Waals surface area (Å²) >= 11 is 5.96. The summed E-state index contributed by atoms with van der Waals surface area (Å²) in [4.78, 5) is 16.1. The molecule has 3 rings (SSSR count). The van der Waals surface area contributed by atoms with Crippen LogP contribution in [0.25, 0.3) is 10.9 Å². The van der Waals surface area contributed by atoms with Crippen molar-refractivity contribution in [2.24, 2.45) is 0 Å². The number of pyridine rings is 1. The number of hydrogen-bond acceptors (Lipinski definition) is 3. The molecular weight excluding hydrogens is 250 g/mol. The van der Waals surface area contributed by atoms with Crippen LogP contribution in [0.2, 0.25) is 5.02 Å². The van der Waals surface area contributed by atoms with Crippen LogP contribution in [0.1, 0.15) is 11.6 Å². The van der Waals surface area contributed by atoms with Gasteiger partial charge in [0.25, 0.3) is 0 Å². The van der Waals surface area contributed by atoms with Gasteiger partial charge in [-0.3, -0.25) is 9.78 Å². The van der Waals surface area contributed by atoms with Crippen LogP contribution in [0.4, 0.5) is 0 Å². The molecule has 1 aliphatic heterocycles. The summed E-state index contributed by atoms with van der Waals surface area (Å²) in [6.45, 7) is 1.44. The van der Waals surface area contributed by atoms with Gasteiger partial charge in [-0.05, 0) is 29.8 Å². The molecule has 0 bridgehead atoms. The Labute approximate surface area is 109 Å². The Kier molecular flexibility index (Phi) is 2.89. The predicted octanol–water partition coefficient (Wildman–Crippen LogP) is 1.65. The zero-order valence-corrected chi connectivity index (χ0v) is 10.4. The van der Waals surface area contributed by atoms with E-state index in [-0.39, 0.29) is 11.9 Å². The first-order chi connectivity index (χ1) is 8.74. The van der Waals surface area contributed by atoms with Crippen LogP contribution in [0.5, 0.6) is 0 Å². The van der Waals surface area contributed by atoms with E-state index in [0.717, 1.165) is 23.0 Å². The number of halogens is 1.